The molecule has 1 aromatic carbocycles. The highest BCUT2D eigenvalue weighted by molar-refractivity contribution is 5.85. The Labute approximate surface area is 92.3 Å². The Bertz CT molecular complexity index is 516. The van der Waals surface area contributed by atoms with Gasteiger partial charge in [0, 0.05) is 11.6 Å². The van der Waals surface area contributed by atoms with Gasteiger partial charge in [0.05, 0.1) is 18.2 Å². The monoisotopic (exact) mass is 214 g/mol. The maximum atomic E-state index is 10.4. The lowest BCUT2D eigenvalue weighted by Gasteiger charge is -1.98. The molecule has 0 amide bonds. The lowest BCUT2D eigenvalue weighted by Crippen LogP contribution is -1.86. The first-order valence-electron chi connectivity index (χ1n) is 4.75. The molecule has 2 aromatic rings. The number of H-pyrrole nitrogens is 1. The number of rotatable bonds is 3. The van der Waals surface area contributed by atoms with Crippen molar-refractivity contribution in [3.05, 3.63) is 48.4 Å². The third-order valence-electron chi connectivity index (χ3n) is 2.11. The summed E-state index contributed by atoms with van der Waals surface area (Å²) in [5.41, 5.74) is 2.73. The van der Waals surface area contributed by atoms with Crippen molar-refractivity contribution in [2.45, 2.75) is 0 Å². The van der Waals surface area contributed by atoms with E-state index in [9.17, 15) is 4.79 Å². The second-order valence-electron chi connectivity index (χ2n) is 3.26. The van der Waals surface area contributed by atoms with Crippen molar-refractivity contribution in [3.63, 3.8) is 0 Å². The molecule has 16 heavy (non-hydrogen) atoms. The Morgan fingerprint density at radius 1 is 1.44 bits per heavy atom. The van der Waals surface area contributed by atoms with E-state index in [2.05, 4.69) is 9.97 Å². The van der Waals surface area contributed by atoms with Crippen LogP contribution in [-0.4, -0.2) is 21.0 Å². The molecule has 2 N–H and O–H groups in total. The maximum absolute atomic E-state index is 10.4. The van der Waals surface area contributed by atoms with E-state index in [1.807, 2.05) is 24.3 Å². The molecule has 2 rings (SSSR count). The Kier molecular flexibility index (Phi) is 2.82. The van der Waals surface area contributed by atoms with Gasteiger partial charge < -0.3 is 10.1 Å². The van der Waals surface area contributed by atoms with Gasteiger partial charge in [-0.3, -0.25) is 0 Å². The van der Waals surface area contributed by atoms with Crippen LogP contribution in [0, 0.1) is 0 Å². The number of aromatic nitrogens is 2. The molecule has 0 saturated heterocycles. The van der Waals surface area contributed by atoms with Crippen LogP contribution in [0.4, 0.5) is 0 Å². The van der Waals surface area contributed by atoms with Crippen molar-refractivity contribution < 1.29 is 9.90 Å². The molecule has 0 saturated carbocycles. The number of hydrogen-bond acceptors (Lipinski definition) is 2. The lowest BCUT2D eigenvalue weighted by molar-refractivity contribution is -0.131. The summed E-state index contributed by atoms with van der Waals surface area (Å²) in [5.74, 6) is -0.952. The molecule has 0 aliphatic carbocycles. The first-order chi connectivity index (χ1) is 7.75. The van der Waals surface area contributed by atoms with Crippen LogP contribution in [0.3, 0.4) is 0 Å². The van der Waals surface area contributed by atoms with Crippen molar-refractivity contribution in [2.24, 2.45) is 0 Å². The zero-order valence-electron chi connectivity index (χ0n) is 8.42. The summed E-state index contributed by atoms with van der Waals surface area (Å²) in [5, 5.41) is 8.53. The average Bonchev–Trinajstić information content (AvgIpc) is 2.80. The molecule has 4 nitrogen and oxygen atoms in total. The zero-order valence-corrected chi connectivity index (χ0v) is 8.42. The van der Waals surface area contributed by atoms with E-state index in [0.717, 1.165) is 22.9 Å². The third kappa shape index (κ3) is 2.36. The molecule has 0 bridgehead atoms. The minimum absolute atomic E-state index is 0.842. The smallest absolute Gasteiger partial charge is 0.328 e. The summed E-state index contributed by atoms with van der Waals surface area (Å²) >= 11 is 0. The van der Waals surface area contributed by atoms with E-state index in [0.29, 0.717) is 0 Å². The number of aromatic amines is 1. The largest absolute Gasteiger partial charge is 0.478 e. The summed E-state index contributed by atoms with van der Waals surface area (Å²) in [4.78, 5) is 17.3. The van der Waals surface area contributed by atoms with Gasteiger partial charge in [-0.05, 0) is 17.7 Å². The Morgan fingerprint density at radius 2 is 2.31 bits per heavy atom. The van der Waals surface area contributed by atoms with Gasteiger partial charge in [0.1, 0.15) is 0 Å². The van der Waals surface area contributed by atoms with Crippen LogP contribution in [0.2, 0.25) is 0 Å². The second-order valence-corrected chi connectivity index (χ2v) is 3.26. The quantitative estimate of drug-likeness (QED) is 0.769. The van der Waals surface area contributed by atoms with Crippen LogP contribution >= 0.6 is 0 Å². The number of carbonyl (C=O) groups is 1. The fraction of sp³-hybridized carbons (Fsp3) is 0. The van der Waals surface area contributed by atoms with Gasteiger partial charge in [0.15, 0.2) is 0 Å². The van der Waals surface area contributed by atoms with Crippen LogP contribution in [-0.2, 0) is 4.79 Å². The predicted molar refractivity (Wildman–Crippen MR) is 60.7 cm³/mol. The van der Waals surface area contributed by atoms with E-state index in [4.69, 9.17) is 5.11 Å². The van der Waals surface area contributed by atoms with E-state index < -0.39 is 5.97 Å². The number of hydrogen-bond donors (Lipinski definition) is 2. The molecule has 0 atom stereocenters. The van der Waals surface area contributed by atoms with Crippen LogP contribution in [0.15, 0.2) is 42.9 Å². The molecule has 1 aromatic heterocycles. The molecule has 0 aliphatic rings. The van der Waals surface area contributed by atoms with Gasteiger partial charge in [-0.25, -0.2) is 9.78 Å². The normalized spacial score (nSPS) is 10.8. The van der Waals surface area contributed by atoms with Crippen molar-refractivity contribution in [1.82, 2.24) is 9.97 Å². The van der Waals surface area contributed by atoms with E-state index in [-0.39, 0.29) is 0 Å². The fourth-order valence-electron chi connectivity index (χ4n) is 1.39. The SMILES string of the molecule is O=C(O)C=Cc1cccc(-c2cnc[nH]2)c1. The summed E-state index contributed by atoms with van der Waals surface area (Å²) in [7, 11) is 0. The predicted octanol–water partition coefficient (Wildman–Crippen LogP) is 2.17. The Hall–Kier alpha value is -2.36. The van der Waals surface area contributed by atoms with Gasteiger partial charge in [0.25, 0.3) is 0 Å². The number of benzene rings is 1. The molecule has 0 radical (unpaired) electrons. The highest BCUT2D eigenvalue weighted by atomic mass is 16.4. The Balaban J connectivity index is 2.30. The summed E-state index contributed by atoms with van der Waals surface area (Å²) in [6.07, 6.45) is 6.00. The number of aliphatic carboxylic acids is 1. The highest BCUT2D eigenvalue weighted by Gasteiger charge is 1.98. The molecule has 80 valence electrons. The van der Waals surface area contributed by atoms with Crippen molar-refractivity contribution in [2.75, 3.05) is 0 Å². The lowest BCUT2D eigenvalue weighted by atomic mass is 10.1. The zero-order chi connectivity index (χ0) is 11.4. The van der Waals surface area contributed by atoms with Crippen molar-refractivity contribution in [3.8, 4) is 11.3 Å². The van der Waals surface area contributed by atoms with E-state index >= 15 is 0 Å². The summed E-state index contributed by atoms with van der Waals surface area (Å²) in [6.45, 7) is 0. The van der Waals surface area contributed by atoms with E-state index in [1.165, 1.54) is 0 Å². The van der Waals surface area contributed by atoms with Crippen molar-refractivity contribution >= 4 is 12.0 Å². The van der Waals surface area contributed by atoms with Crippen LogP contribution < -0.4 is 0 Å². The topological polar surface area (TPSA) is 66.0 Å². The summed E-state index contributed by atoms with van der Waals surface area (Å²) < 4.78 is 0. The van der Waals surface area contributed by atoms with Crippen LogP contribution in [0.25, 0.3) is 17.3 Å². The molecular formula is C12H10N2O2. The summed E-state index contributed by atoms with van der Waals surface area (Å²) in [6, 6.07) is 7.55. The average molecular weight is 214 g/mol. The molecule has 4 heteroatoms. The number of nitrogens with zero attached hydrogens (tertiary/aromatic N) is 1. The van der Waals surface area contributed by atoms with Gasteiger partial charge in [-0.2, -0.15) is 0 Å². The molecule has 0 unspecified atom stereocenters. The standard InChI is InChI=1S/C12H10N2O2/c15-12(16)5-4-9-2-1-3-10(6-9)11-7-13-8-14-11/h1-8H,(H,13,14)(H,15,16). The maximum Gasteiger partial charge on any atom is 0.328 e. The van der Waals surface area contributed by atoms with Crippen molar-refractivity contribution in [1.29, 1.82) is 0 Å². The molecule has 0 aliphatic heterocycles. The number of carboxylic acid groups (broad SMARTS) is 1. The number of imidazole rings is 1. The minimum atomic E-state index is -0.952. The molecular weight excluding hydrogens is 204 g/mol. The molecule has 0 fully saturated rings. The fourth-order valence-corrected chi connectivity index (χ4v) is 1.39. The van der Waals surface area contributed by atoms with E-state index in [1.54, 1.807) is 18.6 Å². The molecule has 1 heterocycles. The number of carboxylic acids is 1. The minimum Gasteiger partial charge on any atom is -0.478 e. The van der Waals surface area contributed by atoms with Crippen LogP contribution in [0.1, 0.15) is 5.56 Å². The first kappa shape index (κ1) is 10.2. The molecule has 0 spiro atoms. The second kappa shape index (κ2) is 4.44. The van der Waals surface area contributed by atoms with Gasteiger partial charge >= 0.3 is 5.97 Å². The van der Waals surface area contributed by atoms with Gasteiger partial charge in [-0.1, -0.05) is 18.2 Å². The first-order valence-corrected chi connectivity index (χ1v) is 4.75. The highest BCUT2D eigenvalue weighted by Crippen LogP contribution is 2.17. The van der Waals surface area contributed by atoms with Gasteiger partial charge in [-0.15, -0.1) is 0 Å². The third-order valence-corrected chi connectivity index (χ3v) is 2.11. The Morgan fingerprint density at radius 3 is 3.00 bits per heavy atom. The van der Waals surface area contributed by atoms with Crippen LogP contribution in [0.5, 0.6) is 0 Å². The van der Waals surface area contributed by atoms with Gasteiger partial charge in [0.2, 0.25) is 0 Å². The number of nitrogens with one attached hydrogen (secondary N) is 1.